The van der Waals surface area contributed by atoms with Gasteiger partial charge in [0.15, 0.2) is 12.6 Å². The van der Waals surface area contributed by atoms with Gasteiger partial charge in [0.05, 0.1) is 24.4 Å². The topological polar surface area (TPSA) is 111 Å². The molecule has 3 saturated heterocycles. The molecule has 0 aromatic heterocycles. The van der Waals surface area contributed by atoms with Gasteiger partial charge in [-0.25, -0.2) is 0 Å². The molecule has 0 N–H and O–H groups in total. The number of likely N-dealkylation sites (N-methyl/N-ethyl adjacent to an activating group) is 1. The molecule has 0 bridgehead atoms. The van der Waals surface area contributed by atoms with E-state index in [1.807, 2.05) is 6.92 Å². The van der Waals surface area contributed by atoms with E-state index in [2.05, 4.69) is 70.1 Å². The van der Waals surface area contributed by atoms with E-state index in [1.165, 1.54) is 5.56 Å². The van der Waals surface area contributed by atoms with Crippen LogP contribution in [0.15, 0.2) is 30.3 Å². The molecule has 0 amide bonds. The van der Waals surface area contributed by atoms with Crippen LogP contribution in [-0.2, 0) is 47.5 Å². The minimum atomic E-state index is -0.591. The van der Waals surface area contributed by atoms with Crippen molar-refractivity contribution in [3.63, 3.8) is 0 Å². The Kier molecular flexibility index (Phi) is 14.7. The minimum absolute atomic E-state index is 0.0270. The van der Waals surface area contributed by atoms with Crippen molar-refractivity contribution in [2.45, 2.75) is 172 Å². The van der Waals surface area contributed by atoms with Crippen LogP contribution in [0.25, 0.3) is 0 Å². The Morgan fingerprint density at radius 2 is 1.48 bits per heavy atom. The first-order valence-electron chi connectivity index (χ1n) is 22.6. The second-order valence-corrected chi connectivity index (χ2v) is 18.8. The molecule has 8 unspecified atom stereocenters. The fraction of sp³-hybridized carbons (Fsp3) is 0.830. The number of carbonyl (C=O) groups excluding carboxylic acids is 2. The summed E-state index contributed by atoms with van der Waals surface area (Å²) in [6.07, 6.45) is 6.28. The van der Waals surface area contributed by atoms with Gasteiger partial charge in [0.2, 0.25) is 0 Å². The zero-order chi connectivity index (χ0) is 41.2. The van der Waals surface area contributed by atoms with Gasteiger partial charge in [-0.05, 0) is 133 Å². The Morgan fingerprint density at radius 3 is 2.16 bits per heavy atom. The number of ether oxygens (including phenoxy) is 8. The number of methoxy groups -OCH3 is 3. The van der Waals surface area contributed by atoms with Gasteiger partial charge in [-0.15, -0.1) is 0 Å². The maximum absolute atomic E-state index is 15.5. The van der Waals surface area contributed by atoms with Crippen molar-refractivity contribution in [3.8, 4) is 0 Å². The number of esters is 1. The number of carbonyl (C=O) groups is 2. The summed E-state index contributed by atoms with van der Waals surface area (Å²) in [6.45, 7) is 8.31. The zero-order valence-electron chi connectivity index (χ0n) is 36.7. The largest absolute Gasteiger partial charge is 0.462 e. The normalized spacial score (nSPS) is 45.1. The van der Waals surface area contributed by atoms with E-state index in [9.17, 15) is 4.79 Å². The van der Waals surface area contributed by atoms with E-state index < -0.39 is 12.4 Å². The molecule has 326 valence electrons. The molecule has 1 aromatic rings. The number of Topliss-reactive ketones (excluding diaryl/α,β-unsaturated/α-hetero) is 1. The van der Waals surface area contributed by atoms with Crippen LogP contribution in [0, 0.1) is 41.4 Å². The van der Waals surface area contributed by atoms with Gasteiger partial charge in [-0.3, -0.25) is 9.59 Å². The second-order valence-electron chi connectivity index (χ2n) is 18.8. The van der Waals surface area contributed by atoms with Crippen LogP contribution >= 0.6 is 0 Å². The highest BCUT2D eigenvalue weighted by molar-refractivity contribution is 5.86. The quantitative estimate of drug-likeness (QED) is 0.224. The van der Waals surface area contributed by atoms with Gasteiger partial charge in [0.1, 0.15) is 30.2 Å². The number of rotatable bonds is 10. The molecule has 6 aliphatic rings. The Hall–Kier alpha value is -1.96. The first-order chi connectivity index (χ1) is 28.0. The van der Waals surface area contributed by atoms with E-state index in [4.69, 9.17) is 37.9 Å². The summed E-state index contributed by atoms with van der Waals surface area (Å²) in [5.41, 5.74) is 1.19. The molecule has 3 heterocycles. The van der Waals surface area contributed by atoms with E-state index in [0.717, 1.165) is 64.2 Å². The van der Waals surface area contributed by atoms with Crippen molar-refractivity contribution in [2.75, 3.05) is 35.4 Å². The Labute approximate surface area is 347 Å². The zero-order valence-corrected chi connectivity index (χ0v) is 36.7. The van der Waals surface area contributed by atoms with E-state index in [1.54, 1.807) is 21.3 Å². The average molecular weight is 812 g/mol. The van der Waals surface area contributed by atoms with Crippen molar-refractivity contribution in [3.05, 3.63) is 35.9 Å². The Morgan fingerprint density at radius 1 is 0.741 bits per heavy atom. The predicted molar refractivity (Wildman–Crippen MR) is 219 cm³/mol. The molecule has 1 aromatic carbocycles. The highest BCUT2D eigenvalue weighted by atomic mass is 16.7. The van der Waals surface area contributed by atoms with E-state index in [0.29, 0.717) is 17.9 Å². The fourth-order valence-corrected chi connectivity index (χ4v) is 12.8. The standard InChI is InChI=1S/C47H73NO10/c1-10-31-17-14-18-37(58-39-22-21-36(48(5)6)27(3)54-39)26(2)43(50)42-35(25-38(49)56-31)33-20-19-30-23-32(24-34(30)41(33)40(42)29-15-12-11-13-16-29)57-47-46(53-9)45(52-8)44(51-7)28(4)55-47/h11-13,15-16,26-28,30-37,39-42,44-47H,10,14,17-25H2,1-9H3/t26-,27?,28?,30?,31+,32-,33?,34-,35+,36+,37+,39+,40?,41-,42?,44+,45?,46?,47+/m1/s1. The lowest BCUT2D eigenvalue weighted by Crippen LogP contribution is -2.59. The highest BCUT2D eigenvalue weighted by Crippen LogP contribution is 2.64. The smallest absolute Gasteiger partial charge is 0.306 e. The van der Waals surface area contributed by atoms with Crippen LogP contribution in [0.5, 0.6) is 0 Å². The third kappa shape index (κ3) is 8.99. The second kappa shape index (κ2) is 19.4. The summed E-state index contributed by atoms with van der Waals surface area (Å²) < 4.78 is 50.6. The predicted octanol–water partition coefficient (Wildman–Crippen LogP) is 7.19. The third-order valence-electron chi connectivity index (χ3n) is 15.5. The van der Waals surface area contributed by atoms with Gasteiger partial charge >= 0.3 is 5.97 Å². The number of fused-ring (bicyclic) bond motifs is 5. The molecular weight excluding hydrogens is 739 g/mol. The number of hydrogen-bond acceptors (Lipinski definition) is 11. The SMILES string of the molecule is CC[C@H]1CCC[C@H](O[C@H]2CC[C@H](N(C)C)C(C)O2)[C@@H](C)C(=O)C2C(c3ccccc3)[C@@H]3C(CCC4C[C@@H](O[C@@H]5OC(C)[C@H](OC)C(OC)C5OC)C[C@H]43)[C@@H]2CC(=O)O1. The van der Waals surface area contributed by atoms with Gasteiger partial charge in [-0.2, -0.15) is 0 Å². The molecule has 3 aliphatic heterocycles. The van der Waals surface area contributed by atoms with Crippen LogP contribution < -0.4 is 0 Å². The van der Waals surface area contributed by atoms with Crippen LogP contribution in [0.2, 0.25) is 0 Å². The molecule has 0 spiro atoms. The highest BCUT2D eigenvalue weighted by Gasteiger charge is 2.61. The average Bonchev–Trinajstić information content (AvgIpc) is 3.77. The van der Waals surface area contributed by atoms with Crippen molar-refractivity contribution in [2.24, 2.45) is 41.4 Å². The molecule has 3 aliphatic carbocycles. The van der Waals surface area contributed by atoms with Crippen molar-refractivity contribution < 1.29 is 47.5 Å². The third-order valence-corrected chi connectivity index (χ3v) is 15.5. The van der Waals surface area contributed by atoms with E-state index >= 15 is 4.79 Å². The van der Waals surface area contributed by atoms with Gasteiger partial charge in [0, 0.05) is 45.6 Å². The van der Waals surface area contributed by atoms with Crippen molar-refractivity contribution in [1.29, 1.82) is 0 Å². The molecule has 0 radical (unpaired) electrons. The first kappa shape index (κ1) is 44.1. The summed E-state index contributed by atoms with van der Waals surface area (Å²) in [5.74, 6) is 0.458. The van der Waals surface area contributed by atoms with E-state index in [-0.39, 0.29) is 103 Å². The van der Waals surface area contributed by atoms with Gasteiger partial charge in [0.25, 0.3) is 0 Å². The maximum atomic E-state index is 15.5. The summed E-state index contributed by atoms with van der Waals surface area (Å²) in [4.78, 5) is 31.7. The Balaban J connectivity index is 1.19. The molecule has 6 fully saturated rings. The number of nitrogens with zero attached hydrogens (tertiary/aromatic N) is 1. The summed E-state index contributed by atoms with van der Waals surface area (Å²) >= 11 is 0. The maximum Gasteiger partial charge on any atom is 0.306 e. The van der Waals surface area contributed by atoms with Crippen molar-refractivity contribution >= 4 is 11.8 Å². The lowest BCUT2D eigenvalue weighted by Gasteiger charge is -2.44. The number of benzene rings is 1. The monoisotopic (exact) mass is 812 g/mol. The lowest BCUT2D eigenvalue weighted by molar-refractivity contribution is -0.314. The van der Waals surface area contributed by atoms with Crippen molar-refractivity contribution in [1.82, 2.24) is 4.90 Å². The summed E-state index contributed by atoms with van der Waals surface area (Å²) in [7, 11) is 9.24. The lowest BCUT2D eigenvalue weighted by atomic mass is 9.64. The molecule has 7 rings (SSSR count). The molecule has 11 heteroatoms. The van der Waals surface area contributed by atoms with Crippen LogP contribution in [-0.4, -0.2) is 120 Å². The molecule has 11 nitrogen and oxygen atoms in total. The first-order valence-corrected chi connectivity index (χ1v) is 22.6. The Bertz CT molecular complexity index is 1490. The molecular formula is C47H73NO10. The number of ketones is 1. The fourth-order valence-electron chi connectivity index (χ4n) is 12.8. The number of hydrogen-bond donors (Lipinski definition) is 0. The molecule has 3 saturated carbocycles. The minimum Gasteiger partial charge on any atom is -0.462 e. The van der Waals surface area contributed by atoms with Crippen LogP contribution in [0.4, 0.5) is 0 Å². The molecule has 19 atom stereocenters. The number of cyclic esters (lactones) is 1. The summed E-state index contributed by atoms with van der Waals surface area (Å²) in [6, 6.07) is 11.0. The van der Waals surface area contributed by atoms with Crippen LogP contribution in [0.1, 0.15) is 110 Å². The molecule has 58 heavy (non-hydrogen) atoms. The summed E-state index contributed by atoms with van der Waals surface area (Å²) in [5, 5.41) is 0. The van der Waals surface area contributed by atoms with Gasteiger partial charge < -0.3 is 42.8 Å². The van der Waals surface area contributed by atoms with Crippen LogP contribution in [0.3, 0.4) is 0 Å². The van der Waals surface area contributed by atoms with Gasteiger partial charge in [-0.1, -0.05) is 44.2 Å².